The maximum atomic E-state index is 10.5. The van der Waals surface area contributed by atoms with Gasteiger partial charge in [0.1, 0.15) is 18.4 Å². The maximum Gasteiger partial charge on any atom is 0.144 e. The predicted molar refractivity (Wildman–Crippen MR) is 109 cm³/mol. The minimum atomic E-state index is -0.538. The zero-order chi connectivity index (χ0) is 18.8. The van der Waals surface area contributed by atoms with Crippen LogP contribution >= 0.6 is 0 Å². The summed E-state index contributed by atoms with van der Waals surface area (Å²) in [6, 6.07) is 17.5. The zero-order valence-electron chi connectivity index (χ0n) is 16.1. The van der Waals surface area contributed by atoms with Gasteiger partial charge in [0.05, 0.1) is 0 Å². The Morgan fingerprint density at radius 2 is 1.48 bits per heavy atom. The predicted octanol–water partition coefficient (Wildman–Crippen LogP) is 4.06. The fourth-order valence-electron chi connectivity index (χ4n) is 4.41. The lowest BCUT2D eigenvalue weighted by Crippen LogP contribution is -2.48. The van der Waals surface area contributed by atoms with E-state index >= 15 is 0 Å². The zero-order valence-corrected chi connectivity index (χ0v) is 16.1. The van der Waals surface area contributed by atoms with Gasteiger partial charge in [0, 0.05) is 29.8 Å². The molecule has 1 saturated heterocycles. The van der Waals surface area contributed by atoms with Gasteiger partial charge in [-0.25, -0.2) is 0 Å². The summed E-state index contributed by atoms with van der Waals surface area (Å²) >= 11 is 0. The van der Waals surface area contributed by atoms with Gasteiger partial charge in [0.2, 0.25) is 0 Å². The number of piperidine rings is 1. The van der Waals surface area contributed by atoms with E-state index in [0.717, 1.165) is 16.8 Å². The summed E-state index contributed by atoms with van der Waals surface area (Å²) in [5.74, 6) is 0. The molecule has 4 heteroatoms. The van der Waals surface area contributed by atoms with Crippen LogP contribution in [0.1, 0.15) is 44.2 Å². The largest absolute Gasteiger partial charge is 0.392 e. The lowest BCUT2D eigenvalue weighted by Gasteiger charge is -2.39. The second-order valence-corrected chi connectivity index (χ2v) is 7.81. The van der Waals surface area contributed by atoms with Crippen LogP contribution in [0, 0.1) is 0 Å². The van der Waals surface area contributed by atoms with E-state index in [-0.39, 0.29) is 6.61 Å². The summed E-state index contributed by atoms with van der Waals surface area (Å²) in [6.45, 7) is 5.34. The number of benzene rings is 2. The first-order chi connectivity index (χ1) is 13.1. The smallest absolute Gasteiger partial charge is 0.144 e. The molecule has 1 aliphatic heterocycles. The van der Waals surface area contributed by atoms with Crippen LogP contribution < -0.4 is 0 Å². The first-order valence-electron chi connectivity index (χ1n) is 9.98. The molecule has 1 heterocycles. The summed E-state index contributed by atoms with van der Waals surface area (Å²) in [7, 11) is 0. The molecule has 1 aliphatic carbocycles. The Balaban J connectivity index is 1.44. The van der Waals surface area contributed by atoms with Crippen molar-refractivity contribution in [1.82, 2.24) is 4.90 Å². The number of aliphatic hydroxyl groups excluding tert-OH is 1. The van der Waals surface area contributed by atoms with Gasteiger partial charge in [0.25, 0.3) is 0 Å². The third kappa shape index (κ3) is 3.64. The van der Waals surface area contributed by atoms with Gasteiger partial charge in [0.15, 0.2) is 0 Å². The van der Waals surface area contributed by atoms with Crippen molar-refractivity contribution in [2.24, 2.45) is 5.16 Å². The number of aliphatic hydroxyl groups is 1. The number of rotatable bonds is 5. The van der Waals surface area contributed by atoms with Crippen molar-refractivity contribution < 1.29 is 9.94 Å². The average Bonchev–Trinajstić information content (AvgIpc) is 2.99. The van der Waals surface area contributed by atoms with E-state index in [4.69, 9.17) is 4.84 Å². The minimum absolute atomic E-state index is 0.212. The summed E-state index contributed by atoms with van der Waals surface area (Å²) < 4.78 is 0. The monoisotopic (exact) mass is 364 g/mol. The molecule has 0 saturated carbocycles. The van der Waals surface area contributed by atoms with Crippen LogP contribution in [0.3, 0.4) is 0 Å². The van der Waals surface area contributed by atoms with Gasteiger partial charge in [-0.3, -0.25) is 4.90 Å². The molecule has 1 fully saturated rings. The maximum absolute atomic E-state index is 10.5. The third-order valence-electron chi connectivity index (χ3n) is 5.87. The van der Waals surface area contributed by atoms with Gasteiger partial charge < -0.3 is 9.94 Å². The van der Waals surface area contributed by atoms with Crippen molar-refractivity contribution >= 4 is 5.71 Å². The Morgan fingerprint density at radius 3 is 2.04 bits per heavy atom. The molecule has 0 aromatic heterocycles. The second-order valence-electron chi connectivity index (χ2n) is 7.81. The Bertz CT molecular complexity index is 775. The molecule has 4 nitrogen and oxygen atoms in total. The van der Waals surface area contributed by atoms with Crippen molar-refractivity contribution in [3.05, 3.63) is 59.7 Å². The number of β-amino-alcohol motifs (C(OH)–C–C–N with tert-alkyl or cyclic N) is 1. The normalized spacial score (nSPS) is 22.9. The average molecular weight is 364 g/mol. The van der Waals surface area contributed by atoms with Crippen molar-refractivity contribution in [3.8, 4) is 11.1 Å². The number of nitrogens with zero attached hydrogens (tertiary/aromatic N) is 2. The van der Waals surface area contributed by atoms with Gasteiger partial charge in [-0.2, -0.15) is 0 Å². The number of fused-ring (bicyclic) bond motifs is 3. The van der Waals surface area contributed by atoms with Crippen LogP contribution in [0.25, 0.3) is 11.1 Å². The van der Waals surface area contributed by atoms with Crippen molar-refractivity contribution in [1.29, 1.82) is 0 Å². The van der Waals surface area contributed by atoms with E-state index in [1.807, 2.05) is 24.3 Å². The van der Waals surface area contributed by atoms with Crippen LogP contribution in [0.5, 0.6) is 0 Å². The van der Waals surface area contributed by atoms with Crippen LogP contribution in [-0.2, 0) is 4.84 Å². The Morgan fingerprint density at radius 1 is 0.963 bits per heavy atom. The standard InChI is InChI=1S/C23H28N2O2/c1-16-8-7-9-17(2)25(16)14-18(26)15-27-24-23-21-12-5-3-10-19(21)20-11-4-6-13-22(20)23/h3-6,10-13,16-18,26H,7-9,14-15H2,1-2H3/t16-,17-,18-/m1/s1. The lowest BCUT2D eigenvalue weighted by molar-refractivity contribution is -0.00746. The molecule has 2 aromatic rings. The molecular weight excluding hydrogens is 336 g/mol. The van der Waals surface area contributed by atoms with Gasteiger partial charge in [-0.1, -0.05) is 60.1 Å². The van der Waals surface area contributed by atoms with Crippen molar-refractivity contribution in [3.63, 3.8) is 0 Å². The van der Waals surface area contributed by atoms with Crippen LogP contribution in [0.15, 0.2) is 53.7 Å². The summed E-state index contributed by atoms with van der Waals surface area (Å²) in [5.41, 5.74) is 5.41. The summed E-state index contributed by atoms with van der Waals surface area (Å²) in [4.78, 5) is 8.01. The molecule has 0 unspecified atom stereocenters. The molecule has 0 bridgehead atoms. The quantitative estimate of drug-likeness (QED) is 0.695. The lowest BCUT2D eigenvalue weighted by atomic mass is 9.97. The fourth-order valence-corrected chi connectivity index (χ4v) is 4.41. The number of hydrogen-bond acceptors (Lipinski definition) is 4. The number of likely N-dealkylation sites (tertiary alicyclic amines) is 1. The van der Waals surface area contributed by atoms with Crippen molar-refractivity contribution in [2.45, 2.75) is 51.3 Å². The van der Waals surface area contributed by atoms with Gasteiger partial charge >= 0.3 is 0 Å². The molecule has 3 atom stereocenters. The Hall–Kier alpha value is -2.17. The highest BCUT2D eigenvalue weighted by Gasteiger charge is 2.27. The van der Waals surface area contributed by atoms with Crippen LogP contribution in [-0.4, -0.2) is 47.1 Å². The van der Waals surface area contributed by atoms with Gasteiger partial charge in [-0.15, -0.1) is 0 Å². The van der Waals surface area contributed by atoms with Crippen molar-refractivity contribution in [2.75, 3.05) is 13.2 Å². The first kappa shape index (κ1) is 18.2. The highest BCUT2D eigenvalue weighted by molar-refractivity contribution is 6.24. The van der Waals surface area contributed by atoms with E-state index < -0.39 is 6.10 Å². The highest BCUT2D eigenvalue weighted by atomic mass is 16.6. The molecule has 0 spiro atoms. The summed E-state index contributed by atoms with van der Waals surface area (Å²) in [6.07, 6.45) is 3.14. The molecule has 4 rings (SSSR count). The van der Waals surface area contributed by atoms with E-state index in [1.165, 1.54) is 30.4 Å². The molecule has 2 aromatic carbocycles. The van der Waals surface area contributed by atoms with E-state index in [0.29, 0.717) is 18.6 Å². The molecule has 2 aliphatic rings. The molecular formula is C23H28N2O2. The fraction of sp³-hybridized carbons (Fsp3) is 0.435. The Kier molecular flexibility index (Phi) is 5.28. The molecule has 0 radical (unpaired) electrons. The first-order valence-corrected chi connectivity index (χ1v) is 9.98. The van der Waals surface area contributed by atoms with Crippen LogP contribution in [0.2, 0.25) is 0 Å². The molecule has 1 N–H and O–H groups in total. The topological polar surface area (TPSA) is 45.1 Å². The van der Waals surface area contributed by atoms with E-state index in [2.05, 4.69) is 48.2 Å². The molecule has 0 amide bonds. The minimum Gasteiger partial charge on any atom is -0.392 e. The van der Waals surface area contributed by atoms with E-state index in [9.17, 15) is 5.11 Å². The third-order valence-corrected chi connectivity index (χ3v) is 5.87. The highest BCUT2D eigenvalue weighted by Crippen LogP contribution is 2.36. The molecule has 27 heavy (non-hydrogen) atoms. The van der Waals surface area contributed by atoms with Gasteiger partial charge in [-0.05, 0) is 37.8 Å². The molecule has 142 valence electrons. The number of hydrogen-bond donors (Lipinski definition) is 1. The van der Waals surface area contributed by atoms with E-state index in [1.54, 1.807) is 0 Å². The van der Waals surface area contributed by atoms with Crippen LogP contribution in [0.4, 0.5) is 0 Å². The Labute approximate surface area is 161 Å². The second kappa shape index (κ2) is 7.83. The summed E-state index contributed by atoms with van der Waals surface area (Å²) in [5, 5.41) is 14.9. The SMILES string of the molecule is C[C@@H]1CCC[C@@H](C)N1C[C@@H](O)CON=C1c2ccccc2-c2ccccc21. The number of oxime groups is 1.